The molecule has 1 aromatic heterocycles. The van der Waals surface area contributed by atoms with E-state index < -0.39 is 0 Å². The van der Waals surface area contributed by atoms with Gasteiger partial charge in [-0.1, -0.05) is 49.9 Å². The molecule has 0 aliphatic heterocycles. The Bertz CT molecular complexity index is 817. The minimum absolute atomic E-state index is 0.00186. The van der Waals surface area contributed by atoms with Gasteiger partial charge in [-0.3, -0.25) is 9.59 Å². The van der Waals surface area contributed by atoms with Crippen molar-refractivity contribution in [3.63, 3.8) is 0 Å². The third-order valence-corrected chi connectivity index (χ3v) is 3.95. The van der Waals surface area contributed by atoms with E-state index in [1.807, 2.05) is 37.3 Å². The van der Waals surface area contributed by atoms with E-state index >= 15 is 0 Å². The van der Waals surface area contributed by atoms with Crippen LogP contribution in [0.3, 0.4) is 0 Å². The predicted octanol–water partition coefficient (Wildman–Crippen LogP) is 4.23. The van der Waals surface area contributed by atoms with Crippen molar-refractivity contribution < 1.29 is 9.59 Å². The monoisotopic (exact) mass is 351 g/mol. The van der Waals surface area contributed by atoms with Crippen molar-refractivity contribution in [1.29, 1.82) is 0 Å². The zero-order chi connectivity index (χ0) is 19.1. The van der Waals surface area contributed by atoms with Gasteiger partial charge in [0.15, 0.2) is 5.78 Å². The van der Waals surface area contributed by atoms with Crippen LogP contribution < -0.4 is 5.32 Å². The maximum Gasteiger partial charge on any atom is 0.273 e. The fourth-order valence-corrected chi connectivity index (χ4v) is 2.73. The minimum atomic E-state index is -0.304. The van der Waals surface area contributed by atoms with E-state index in [1.54, 1.807) is 37.3 Å². The summed E-state index contributed by atoms with van der Waals surface area (Å²) in [5.41, 5.74) is 2.68. The van der Waals surface area contributed by atoms with Crippen molar-refractivity contribution in [3.05, 3.63) is 66.5 Å². The molecule has 136 valence electrons. The number of anilines is 1. The lowest BCUT2D eigenvalue weighted by Gasteiger charge is -2.16. The lowest BCUT2D eigenvalue weighted by Crippen LogP contribution is -2.25. The van der Waals surface area contributed by atoms with Gasteiger partial charge in [-0.25, -0.2) is 0 Å². The molecule has 0 aliphatic rings. The molecule has 1 heterocycles. The molecule has 0 unspecified atom stereocenters. The number of amides is 1. The quantitative estimate of drug-likeness (QED) is 0.425. The lowest BCUT2D eigenvalue weighted by molar-refractivity contribution is -0.114. The highest BCUT2D eigenvalue weighted by Crippen LogP contribution is 2.31. The number of H-pyrrole nitrogens is 1. The first kappa shape index (κ1) is 19.2. The molecule has 26 heavy (non-hydrogen) atoms. The lowest BCUT2D eigenvalue weighted by atomic mass is 9.99. The molecule has 0 atom stereocenters. The van der Waals surface area contributed by atoms with E-state index in [0.717, 1.165) is 17.5 Å². The summed E-state index contributed by atoms with van der Waals surface area (Å²) in [5, 5.41) is 2.83. The normalized spacial score (nSPS) is 11.1. The Morgan fingerprint density at radius 1 is 1.23 bits per heavy atom. The number of aromatic amines is 1. The van der Waals surface area contributed by atoms with Gasteiger partial charge in [0.1, 0.15) is 11.5 Å². The summed E-state index contributed by atoms with van der Waals surface area (Å²) in [5.74, 6) is 0.119. The number of allylic oxidation sites excluding steroid dienone is 2. The molecule has 5 heteroatoms. The van der Waals surface area contributed by atoms with Gasteiger partial charge in [0.25, 0.3) is 5.91 Å². The Hall–Kier alpha value is -3.08. The summed E-state index contributed by atoms with van der Waals surface area (Å²) in [6.07, 6.45) is 6.11. The third kappa shape index (κ3) is 4.30. The number of nitrogens with one attached hydrogen (secondary N) is 2. The minimum Gasteiger partial charge on any atom is -0.373 e. The van der Waals surface area contributed by atoms with Crippen LogP contribution in [0.5, 0.6) is 0 Å². The van der Waals surface area contributed by atoms with Gasteiger partial charge >= 0.3 is 0 Å². The van der Waals surface area contributed by atoms with Crippen LogP contribution in [0.15, 0.2) is 61.0 Å². The molecule has 2 aromatic rings. The zero-order valence-electron chi connectivity index (χ0n) is 15.5. The van der Waals surface area contributed by atoms with E-state index in [2.05, 4.69) is 16.9 Å². The first-order chi connectivity index (χ1) is 12.5. The number of likely N-dealkylation sites (N-methyl/N-ethyl adjacent to an activating group) is 1. The van der Waals surface area contributed by atoms with Gasteiger partial charge < -0.3 is 15.2 Å². The molecular weight excluding hydrogens is 326 g/mol. The molecule has 0 spiro atoms. The molecule has 5 nitrogen and oxygen atoms in total. The highest BCUT2D eigenvalue weighted by Gasteiger charge is 2.22. The largest absolute Gasteiger partial charge is 0.373 e. The number of carbonyl (C=O) groups excluding carboxylic acids is 2. The van der Waals surface area contributed by atoms with Crippen LogP contribution in [0.2, 0.25) is 0 Å². The Balaban J connectivity index is 2.44. The third-order valence-electron chi connectivity index (χ3n) is 3.95. The Morgan fingerprint density at radius 2 is 1.92 bits per heavy atom. The van der Waals surface area contributed by atoms with E-state index in [4.69, 9.17) is 0 Å². The molecule has 0 saturated carbocycles. The molecule has 2 rings (SSSR count). The Kier molecular flexibility index (Phi) is 6.55. The average molecular weight is 351 g/mol. The van der Waals surface area contributed by atoms with Crippen LogP contribution in [0.25, 0.3) is 11.1 Å². The van der Waals surface area contributed by atoms with Gasteiger partial charge in [0.05, 0.1) is 5.56 Å². The fraction of sp³-hybridized carbons (Fsp3) is 0.238. The SMILES string of the molecule is C=C/C=C(/C(=O)Nc1[nH]cc(-c2ccccc2)c1C(=O)CCC)N(C)C. The summed E-state index contributed by atoms with van der Waals surface area (Å²) >= 11 is 0. The van der Waals surface area contributed by atoms with Crippen molar-refractivity contribution in [1.82, 2.24) is 9.88 Å². The van der Waals surface area contributed by atoms with Gasteiger partial charge in [0.2, 0.25) is 0 Å². The van der Waals surface area contributed by atoms with Gasteiger partial charge in [-0.15, -0.1) is 0 Å². The number of rotatable bonds is 8. The topological polar surface area (TPSA) is 65.2 Å². The zero-order valence-corrected chi connectivity index (χ0v) is 15.5. The molecule has 0 saturated heterocycles. The molecule has 0 radical (unpaired) electrons. The number of Topliss-reactive ketones (excluding diaryl/α,β-unsaturated/α-hetero) is 1. The predicted molar refractivity (Wildman–Crippen MR) is 106 cm³/mol. The van der Waals surface area contributed by atoms with Gasteiger partial charge in [-0.2, -0.15) is 0 Å². The number of ketones is 1. The van der Waals surface area contributed by atoms with Crippen LogP contribution >= 0.6 is 0 Å². The smallest absolute Gasteiger partial charge is 0.273 e. The Morgan fingerprint density at radius 3 is 2.50 bits per heavy atom. The molecule has 0 aliphatic carbocycles. The van der Waals surface area contributed by atoms with Crippen LogP contribution in [-0.4, -0.2) is 35.7 Å². The summed E-state index contributed by atoms with van der Waals surface area (Å²) in [4.78, 5) is 30.1. The van der Waals surface area contributed by atoms with Crippen molar-refractivity contribution in [2.45, 2.75) is 19.8 Å². The molecule has 1 aromatic carbocycles. The number of nitrogens with zero attached hydrogens (tertiary/aromatic N) is 1. The summed E-state index contributed by atoms with van der Waals surface area (Å²) in [7, 11) is 3.56. The highest BCUT2D eigenvalue weighted by molar-refractivity contribution is 6.11. The molecule has 0 bridgehead atoms. The highest BCUT2D eigenvalue weighted by atomic mass is 16.2. The first-order valence-corrected chi connectivity index (χ1v) is 8.61. The van der Waals surface area contributed by atoms with Crippen LogP contribution in [0.4, 0.5) is 5.82 Å². The second-order valence-electron chi connectivity index (χ2n) is 6.13. The van der Waals surface area contributed by atoms with Crippen LogP contribution in [-0.2, 0) is 4.79 Å². The number of hydrogen-bond donors (Lipinski definition) is 2. The van der Waals surface area contributed by atoms with Gasteiger partial charge in [-0.05, 0) is 18.1 Å². The molecule has 1 amide bonds. The second kappa shape index (κ2) is 8.85. The number of hydrogen-bond acceptors (Lipinski definition) is 3. The standard InChI is InChI=1S/C21H25N3O2/c1-5-10-17(24(3)4)21(26)23-20-19(18(25)11-6-2)16(14-22-20)15-12-8-7-9-13-15/h5,7-10,12-14,22H,1,6,11H2,2-4H3,(H,23,26)/b17-10-. The summed E-state index contributed by atoms with van der Waals surface area (Å²) in [6, 6.07) is 9.66. The van der Waals surface area contributed by atoms with Crippen molar-refractivity contribution in [2.75, 3.05) is 19.4 Å². The first-order valence-electron chi connectivity index (χ1n) is 8.61. The van der Waals surface area contributed by atoms with Crippen molar-refractivity contribution in [2.24, 2.45) is 0 Å². The van der Waals surface area contributed by atoms with Crippen molar-refractivity contribution in [3.8, 4) is 11.1 Å². The number of carbonyl (C=O) groups is 2. The maximum atomic E-state index is 12.7. The van der Waals surface area contributed by atoms with E-state index in [1.165, 1.54) is 0 Å². The summed E-state index contributed by atoms with van der Waals surface area (Å²) < 4.78 is 0. The second-order valence-corrected chi connectivity index (χ2v) is 6.13. The molecule has 2 N–H and O–H groups in total. The van der Waals surface area contributed by atoms with Crippen molar-refractivity contribution >= 4 is 17.5 Å². The fourth-order valence-electron chi connectivity index (χ4n) is 2.73. The molecule has 0 fully saturated rings. The van der Waals surface area contributed by atoms with E-state index in [0.29, 0.717) is 23.5 Å². The average Bonchev–Trinajstić information content (AvgIpc) is 3.03. The summed E-state index contributed by atoms with van der Waals surface area (Å²) in [6.45, 7) is 5.60. The van der Waals surface area contributed by atoms with Crippen LogP contribution in [0, 0.1) is 0 Å². The number of aromatic nitrogens is 1. The van der Waals surface area contributed by atoms with Gasteiger partial charge in [0, 0.05) is 32.3 Å². The van der Waals surface area contributed by atoms with E-state index in [9.17, 15) is 9.59 Å². The number of benzene rings is 1. The Labute approximate surface area is 154 Å². The van der Waals surface area contributed by atoms with E-state index in [-0.39, 0.29) is 11.7 Å². The molecular formula is C21H25N3O2. The van der Waals surface area contributed by atoms with Crippen LogP contribution in [0.1, 0.15) is 30.1 Å². The maximum absolute atomic E-state index is 12.7.